The number of nitrogens with zero attached hydrogens (tertiary/aromatic N) is 2. The van der Waals surface area contributed by atoms with Gasteiger partial charge >= 0.3 is 0 Å². The fourth-order valence-electron chi connectivity index (χ4n) is 2.58. The van der Waals surface area contributed by atoms with E-state index in [4.69, 9.17) is 4.74 Å². The van der Waals surface area contributed by atoms with Gasteiger partial charge < -0.3 is 10.1 Å². The number of hydrogen-bond donors (Lipinski definition) is 1. The number of benzene rings is 2. The van der Waals surface area contributed by atoms with E-state index in [2.05, 4.69) is 23.4 Å². The molecule has 0 atom stereocenters. The first-order chi connectivity index (χ1) is 12.1. The Kier molecular flexibility index (Phi) is 5.14. The molecule has 128 valence electrons. The molecule has 5 heteroatoms. The van der Waals surface area contributed by atoms with Crippen LogP contribution in [0.3, 0.4) is 0 Å². The monoisotopic (exact) mass is 335 g/mol. The van der Waals surface area contributed by atoms with Crippen molar-refractivity contribution in [3.05, 3.63) is 77.6 Å². The predicted molar refractivity (Wildman–Crippen MR) is 97.3 cm³/mol. The maximum atomic E-state index is 12.2. The number of carbonyl (C=O) groups is 1. The molecule has 0 fully saturated rings. The van der Waals surface area contributed by atoms with E-state index >= 15 is 0 Å². The molecule has 2 aromatic carbocycles. The second-order valence-corrected chi connectivity index (χ2v) is 5.87. The molecular formula is C20H21N3O2. The third-order valence-corrected chi connectivity index (χ3v) is 3.87. The van der Waals surface area contributed by atoms with Gasteiger partial charge in [-0.25, -0.2) is 4.68 Å². The van der Waals surface area contributed by atoms with Crippen LogP contribution in [-0.4, -0.2) is 28.8 Å². The Bertz CT molecular complexity index is 840. The molecule has 0 aliphatic carbocycles. The van der Waals surface area contributed by atoms with Gasteiger partial charge in [0.2, 0.25) is 0 Å². The Hall–Kier alpha value is -3.08. The van der Waals surface area contributed by atoms with E-state index in [9.17, 15) is 4.79 Å². The average Bonchev–Trinajstić information content (AvgIpc) is 3.15. The van der Waals surface area contributed by atoms with E-state index in [1.165, 1.54) is 5.56 Å². The van der Waals surface area contributed by atoms with Crippen molar-refractivity contribution >= 4 is 5.91 Å². The Labute approximate surface area is 147 Å². The van der Waals surface area contributed by atoms with Crippen LogP contribution in [0.25, 0.3) is 5.69 Å². The lowest BCUT2D eigenvalue weighted by molar-refractivity contribution is 0.0947. The minimum absolute atomic E-state index is 0.115. The van der Waals surface area contributed by atoms with Crippen molar-refractivity contribution in [1.29, 1.82) is 0 Å². The molecule has 0 bridgehead atoms. The third kappa shape index (κ3) is 4.26. The molecule has 1 amide bonds. The highest BCUT2D eigenvalue weighted by Crippen LogP contribution is 2.18. The molecule has 0 saturated heterocycles. The van der Waals surface area contributed by atoms with E-state index < -0.39 is 0 Å². The van der Waals surface area contributed by atoms with Crippen LogP contribution >= 0.6 is 0 Å². The first-order valence-electron chi connectivity index (χ1n) is 8.22. The van der Waals surface area contributed by atoms with Crippen LogP contribution in [0.5, 0.6) is 5.75 Å². The summed E-state index contributed by atoms with van der Waals surface area (Å²) in [4.78, 5) is 12.2. The van der Waals surface area contributed by atoms with Gasteiger partial charge in [-0.2, -0.15) is 5.10 Å². The largest absolute Gasteiger partial charge is 0.491 e. The second-order valence-electron chi connectivity index (χ2n) is 5.87. The van der Waals surface area contributed by atoms with E-state index in [0.29, 0.717) is 18.7 Å². The molecule has 0 saturated carbocycles. The van der Waals surface area contributed by atoms with Gasteiger partial charge in [0.05, 0.1) is 12.2 Å². The lowest BCUT2D eigenvalue weighted by atomic mass is 10.1. The SMILES string of the molecule is Cc1ccc(OCCNC(=O)c2ccc(-n3cccn3)cc2)c(C)c1. The van der Waals surface area contributed by atoms with Crippen molar-refractivity contribution in [3.8, 4) is 11.4 Å². The summed E-state index contributed by atoms with van der Waals surface area (Å²) >= 11 is 0. The van der Waals surface area contributed by atoms with Gasteiger partial charge in [-0.05, 0) is 55.8 Å². The van der Waals surface area contributed by atoms with Crippen molar-refractivity contribution < 1.29 is 9.53 Å². The molecule has 3 aromatic rings. The lowest BCUT2D eigenvalue weighted by Crippen LogP contribution is -2.28. The maximum Gasteiger partial charge on any atom is 0.251 e. The summed E-state index contributed by atoms with van der Waals surface area (Å²) < 4.78 is 7.47. The van der Waals surface area contributed by atoms with Crippen molar-refractivity contribution in [3.63, 3.8) is 0 Å². The topological polar surface area (TPSA) is 56.1 Å². The fraction of sp³-hybridized carbons (Fsp3) is 0.200. The first kappa shape index (κ1) is 16.8. The molecule has 25 heavy (non-hydrogen) atoms. The zero-order valence-corrected chi connectivity index (χ0v) is 14.4. The van der Waals surface area contributed by atoms with Crippen molar-refractivity contribution in [2.45, 2.75) is 13.8 Å². The molecule has 0 spiro atoms. The number of nitrogens with one attached hydrogen (secondary N) is 1. The van der Waals surface area contributed by atoms with Crippen LogP contribution < -0.4 is 10.1 Å². The molecule has 0 radical (unpaired) electrons. The summed E-state index contributed by atoms with van der Waals surface area (Å²) in [5, 5.41) is 7.03. The highest BCUT2D eigenvalue weighted by atomic mass is 16.5. The maximum absolute atomic E-state index is 12.2. The predicted octanol–water partition coefficient (Wildman–Crippen LogP) is 3.30. The van der Waals surface area contributed by atoms with Gasteiger partial charge in [0.25, 0.3) is 5.91 Å². The summed E-state index contributed by atoms with van der Waals surface area (Å²) in [5.74, 6) is 0.736. The van der Waals surface area contributed by atoms with E-state index in [1.807, 2.05) is 43.5 Å². The minimum atomic E-state index is -0.115. The normalized spacial score (nSPS) is 10.5. The van der Waals surface area contributed by atoms with Crippen LogP contribution in [-0.2, 0) is 0 Å². The molecular weight excluding hydrogens is 314 g/mol. The van der Waals surface area contributed by atoms with E-state index in [-0.39, 0.29) is 5.91 Å². The van der Waals surface area contributed by atoms with Crippen LogP contribution in [0.15, 0.2) is 60.9 Å². The molecule has 0 unspecified atom stereocenters. The van der Waals surface area contributed by atoms with Crippen LogP contribution in [0, 0.1) is 13.8 Å². The number of rotatable bonds is 6. The van der Waals surface area contributed by atoms with Gasteiger partial charge in [-0.1, -0.05) is 17.7 Å². The summed E-state index contributed by atoms with van der Waals surface area (Å²) in [5.41, 5.74) is 3.83. The zero-order chi connectivity index (χ0) is 17.6. The number of aryl methyl sites for hydroxylation is 2. The summed E-state index contributed by atoms with van der Waals surface area (Å²) in [6.45, 7) is 4.95. The summed E-state index contributed by atoms with van der Waals surface area (Å²) in [6, 6.07) is 15.2. The smallest absolute Gasteiger partial charge is 0.251 e. The van der Waals surface area contributed by atoms with Gasteiger partial charge in [-0.15, -0.1) is 0 Å². The minimum Gasteiger partial charge on any atom is -0.491 e. The quantitative estimate of drug-likeness (QED) is 0.703. The average molecular weight is 335 g/mol. The van der Waals surface area contributed by atoms with Gasteiger partial charge in [0.1, 0.15) is 12.4 Å². The summed E-state index contributed by atoms with van der Waals surface area (Å²) in [7, 11) is 0. The molecule has 3 rings (SSSR count). The molecule has 0 aliphatic heterocycles. The highest BCUT2D eigenvalue weighted by molar-refractivity contribution is 5.94. The lowest BCUT2D eigenvalue weighted by Gasteiger charge is -2.11. The van der Waals surface area contributed by atoms with Crippen molar-refractivity contribution in [2.75, 3.05) is 13.2 Å². The van der Waals surface area contributed by atoms with E-state index in [1.54, 1.807) is 23.0 Å². The van der Waals surface area contributed by atoms with Crippen LogP contribution in [0.4, 0.5) is 0 Å². The molecule has 1 heterocycles. The molecule has 1 aromatic heterocycles. The zero-order valence-electron chi connectivity index (χ0n) is 14.4. The molecule has 1 N–H and O–H groups in total. The van der Waals surface area contributed by atoms with E-state index in [0.717, 1.165) is 17.0 Å². The van der Waals surface area contributed by atoms with Crippen molar-refractivity contribution in [1.82, 2.24) is 15.1 Å². The first-order valence-corrected chi connectivity index (χ1v) is 8.22. The Morgan fingerprint density at radius 2 is 1.96 bits per heavy atom. The van der Waals surface area contributed by atoms with Gasteiger partial charge in [0.15, 0.2) is 0 Å². The third-order valence-electron chi connectivity index (χ3n) is 3.87. The Morgan fingerprint density at radius 1 is 1.16 bits per heavy atom. The Morgan fingerprint density at radius 3 is 2.64 bits per heavy atom. The number of ether oxygens (including phenoxy) is 1. The number of hydrogen-bond acceptors (Lipinski definition) is 3. The number of amides is 1. The van der Waals surface area contributed by atoms with Crippen LogP contribution in [0.1, 0.15) is 21.5 Å². The molecule has 0 aliphatic rings. The Balaban J connectivity index is 1.49. The molecule has 5 nitrogen and oxygen atoms in total. The van der Waals surface area contributed by atoms with Gasteiger partial charge in [-0.3, -0.25) is 4.79 Å². The second kappa shape index (κ2) is 7.66. The fourth-order valence-corrected chi connectivity index (χ4v) is 2.58. The standard InChI is InChI=1S/C20H21N3O2/c1-15-4-9-19(16(2)14-15)25-13-11-21-20(24)17-5-7-18(8-6-17)23-12-3-10-22-23/h3-10,12,14H,11,13H2,1-2H3,(H,21,24). The van der Waals surface area contributed by atoms with Crippen LogP contribution in [0.2, 0.25) is 0 Å². The summed E-state index contributed by atoms with van der Waals surface area (Å²) in [6.07, 6.45) is 3.58. The number of carbonyl (C=O) groups excluding carboxylic acids is 1. The van der Waals surface area contributed by atoms with Gasteiger partial charge in [0, 0.05) is 18.0 Å². The number of aromatic nitrogens is 2. The highest BCUT2D eigenvalue weighted by Gasteiger charge is 2.06. The van der Waals surface area contributed by atoms with Crippen molar-refractivity contribution in [2.24, 2.45) is 0 Å².